The Bertz CT molecular complexity index is 921. The van der Waals surface area contributed by atoms with E-state index in [-0.39, 0.29) is 5.82 Å². The van der Waals surface area contributed by atoms with Gasteiger partial charge in [0.05, 0.1) is 17.1 Å². The van der Waals surface area contributed by atoms with Gasteiger partial charge in [0.15, 0.2) is 5.11 Å². The van der Waals surface area contributed by atoms with Crippen LogP contribution in [0.25, 0.3) is 5.69 Å². The molecule has 26 heavy (non-hydrogen) atoms. The van der Waals surface area contributed by atoms with E-state index in [2.05, 4.69) is 10.4 Å². The summed E-state index contributed by atoms with van der Waals surface area (Å²) in [6, 6.07) is 16.5. The van der Waals surface area contributed by atoms with Crippen LogP contribution in [0.5, 0.6) is 0 Å². The van der Waals surface area contributed by atoms with Crippen LogP contribution in [-0.4, -0.2) is 26.8 Å². The molecule has 1 heterocycles. The number of hydrogen-bond acceptors (Lipinski definition) is 2. The molecular formula is C20H21FN4S. The lowest BCUT2D eigenvalue weighted by Crippen LogP contribution is -2.31. The van der Waals surface area contributed by atoms with Gasteiger partial charge in [-0.2, -0.15) is 5.10 Å². The van der Waals surface area contributed by atoms with Crippen LogP contribution in [0.1, 0.15) is 17.0 Å². The quantitative estimate of drug-likeness (QED) is 0.690. The molecule has 0 aliphatic rings. The minimum absolute atomic E-state index is 0.326. The monoisotopic (exact) mass is 368 g/mol. The third-order valence-electron chi connectivity index (χ3n) is 4.30. The fourth-order valence-electron chi connectivity index (χ4n) is 2.81. The Balaban J connectivity index is 1.77. The minimum Gasteiger partial charge on any atom is -0.348 e. The second-order valence-corrected chi connectivity index (χ2v) is 6.55. The van der Waals surface area contributed by atoms with Crippen LogP contribution < -0.4 is 5.32 Å². The maximum atomic E-state index is 13.8. The van der Waals surface area contributed by atoms with E-state index >= 15 is 0 Å². The Morgan fingerprint density at radius 2 is 1.77 bits per heavy atom. The summed E-state index contributed by atoms with van der Waals surface area (Å²) in [6.07, 6.45) is 0. The van der Waals surface area contributed by atoms with Gasteiger partial charge >= 0.3 is 0 Å². The highest BCUT2D eigenvalue weighted by Crippen LogP contribution is 2.20. The zero-order valence-corrected chi connectivity index (χ0v) is 15.8. The Hall–Kier alpha value is -2.73. The Morgan fingerprint density at radius 1 is 1.12 bits per heavy atom. The molecule has 2 aromatic carbocycles. The standard InChI is InChI=1S/C20H21FN4S/c1-14-17(15(2)25(23-14)16-9-5-4-6-10-16)13-24(3)20(26)22-19-12-8-7-11-18(19)21/h4-12H,13H2,1-3H3,(H,22,26). The fourth-order valence-corrected chi connectivity index (χ4v) is 2.98. The molecule has 0 spiro atoms. The number of benzene rings is 2. The van der Waals surface area contributed by atoms with Crippen LogP contribution in [0.2, 0.25) is 0 Å². The van der Waals surface area contributed by atoms with E-state index in [9.17, 15) is 4.39 Å². The third-order valence-corrected chi connectivity index (χ3v) is 4.71. The van der Waals surface area contributed by atoms with Gasteiger partial charge in [0, 0.05) is 24.8 Å². The lowest BCUT2D eigenvalue weighted by atomic mass is 10.2. The van der Waals surface area contributed by atoms with Crippen molar-refractivity contribution < 1.29 is 4.39 Å². The zero-order chi connectivity index (χ0) is 18.7. The molecule has 1 aromatic heterocycles. The average molecular weight is 368 g/mol. The summed E-state index contributed by atoms with van der Waals surface area (Å²) in [5.74, 6) is -0.326. The van der Waals surface area contributed by atoms with Gasteiger partial charge in [0.1, 0.15) is 5.82 Å². The topological polar surface area (TPSA) is 33.1 Å². The van der Waals surface area contributed by atoms with Gasteiger partial charge in [-0.1, -0.05) is 30.3 Å². The molecule has 6 heteroatoms. The molecular weight excluding hydrogens is 347 g/mol. The molecule has 0 amide bonds. The summed E-state index contributed by atoms with van der Waals surface area (Å²) >= 11 is 5.43. The van der Waals surface area contributed by atoms with Crippen molar-refractivity contribution in [2.75, 3.05) is 12.4 Å². The molecule has 0 atom stereocenters. The second kappa shape index (κ2) is 7.66. The number of aryl methyl sites for hydroxylation is 1. The van der Waals surface area contributed by atoms with Gasteiger partial charge in [-0.05, 0) is 50.3 Å². The van der Waals surface area contributed by atoms with Crippen molar-refractivity contribution in [2.45, 2.75) is 20.4 Å². The lowest BCUT2D eigenvalue weighted by Gasteiger charge is -2.21. The van der Waals surface area contributed by atoms with E-state index in [1.54, 1.807) is 18.2 Å². The molecule has 0 unspecified atom stereocenters. The van der Waals surface area contributed by atoms with Crippen molar-refractivity contribution in [3.05, 3.63) is 77.4 Å². The molecule has 0 fully saturated rings. The van der Waals surface area contributed by atoms with Crippen LogP contribution >= 0.6 is 12.2 Å². The maximum Gasteiger partial charge on any atom is 0.173 e. The maximum absolute atomic E-state index is 13.8. The molecule has 4 nitrogen and oxygen atoms in total. The number of halogens is 1. The van der Waals surface area contributed by atoms with E-state index in [1.807, 2.05) is 60.8 Å². The number of aromatic nitrogens is 2. The first-order valence-electron chi connectivity index (χ1n) is 8.34. The van der Waals surface area contributed by atoms with Crippen LogP contribution in [-0.2, 0) is 6.54 Å². The number of nitrogens with zero attached hydrogens (tertiary/aromatic N) is 3. The molecule has 0 saturated heterocycles. The van der Waals surface area contributed by atoms with Crippen molar-refractivity contribution in [3.63, 3.8) is 0 Å². The molecule has 0 saturated carbocycles. The van der Waals surface area contributed by atoms with Gasteiger partial charge in [-0.25, -0.2) is 9.07 Å². The second-order valence-electron chi connectivity index (χ2n) is 6.16. The van der Waals surface area contributed by atoms with Crippen LogP contribution in [0, 0.1) is 19.7 Å². The SMILES string of the molecule is Cc1nn(-c2ccccc2)c(C)c1CN(C)C(=S)Nc1ccccc1F. The first kappa shape index (κ1) is 18.1. The van der Waals surface area contributed by atoms with Crippen molar-refractivity contribution in [1.29, 1.82) is 0 Å². The van der Waals surface area contributed by atoms with Gasteiger partial charge in [0.2, 0.25) is 0 Å². The summed E-state index contributed by atoms with van der Waals surface area (Å²) in [6.45, 7) is 4.62. The minimum atomic E-state index is -0.326. The lowest BCUT2D eigenvalue weighted by molar-refractivity contribution is 0.505. The largest absolute Gasteiger partial charge is 0.348 e. The summed E-state index contributed by atoms with van der Waals surface area (Å²) in [5.41, 5.74) is 4.52. The molecule has 1 N–H and O–H groups in total. The average Bonchev–Trinajstić information content (AvgIpc) is 2.92. The third kappa shape index (κ3) is 3.75. The smallest absolute Gasteiger partial charge is 0.173 e. The molecule has 3 rings (SSSR count). The summed E-state index contributed by atoms with van der Waals surface area (Å²) < 4.78 is 15.7. The van der Waals surface area contributed by atoms with E-state index < -0.39 is 0 Å². The number of hydrogen-bond donors (Lipinski definition) is 1. The van der Waals surface area contributed by atoms with Gasteiger partial charge in [-0.3, -0.25) is 0 Å². The van der Waals surface area contributed by atoms with Crippen molar-refractivity contribution in [2.24, 2.45) is 0 Å². The summed E-state index contributed by atoms with van der Waals surface area (Å²) in [7, 11) is 1.88. The van der Waals surface area contributed by atoms with E-state index in [4.69, 9.17) is 12.2 Å². The van der Waals surface area contributed by atoms with E-state index in [0.29, 0.717) is 17.3 Å². The van der Waals surface area contributed by atoms with Gasteiger partial charge < -0.3 is 10.2 Å². The summed E-state index contributed by atoms with van der Waals surface area (Å²) in [5, 5.41) is 8.08. The van der Waals surface area contributed by atoms with Crippen LogP contribution in [0.3, 0.4) is 0 Å². The fraction of sp³-hybridized carbons (Fsp3) is 0.200. The number of rotatable bonds is 4. The normalized spacial score (nSPS) is 10.6. The van der Waals surface area contributed by atoms with E-state index in [0.717, 1.165) is 22.6 Å². The number of para-hydroxylation sites is 2. The highest BCUT2D eigenvalue weighted by Gasteiger charge is 2.16. The highest BCUT2D eigenvalue weighted by atomic mass is 32.1. The number of nitrogens with one attached hydrogen (secondary N) is 1. The molecule has 3 aromatic rings. The molecule has 134 valence electrons. The zero-order valence-electron chi connectivity index (χ0n) is 15.0. The van der Waals surface area contributed by atoms with Crippen molar-refractivity contribution in [1.82, 2.24) is 14.7 Å². The molecule has 0 bridgehead atoms. The van der Waals surface area contributed by atoms with Crippen LogP contribution in [0.4, 0.5) is 10.1 Å². The van der Waals surface area contributed by atoms with E-state index in [1.165, 1.54) is 6.07 Å². The van der Waals surface area contributed by atoms with Gasteiger partial charge in [0.25, 0.3) is 0 Å². The molecule has 0 aliphatic heterocycles. The van der Waals surface area contributed by atoms with Gasteiger partial charge in [-0.15, -0.1) is 0 Å². The number of anilines is 1. The van der Waals surface area contributed by atoms with Crippen molar-refractivity contribution >= 4 is 23.0 Å². The summed E-state index contributed by atoms with van der Waals surface area (Å²) in [4.78, 5) is 1.88. The molecule has 0 radical (unpaired) electrons. The first-order valence-corrected chi connectivity index (χ1v) is 8.75. The predicted octanol–water partition coefficient (Wildman–Crippen LogP) is 4.46. The predicted molar refractivity (Wildman–Crippen MR) is 107 cm³/mol. The highest BCUT2D eigenvalue weighted by molar-refractivity contribution is 7.80. The van der Waals surface area contributed by atoms with Crippen LogP contribution in [0.15, 0.2) is 54.6 Å². The first-order chi connectivity index (χ1) is 12.5. The Kier molecular flexibility index (Phi) is 5.32. The Labute approximate surface area is 158 Å². The Morgan fingerprint density at radius 3 is 2.46 bits per heavy atom. The number of thiocarbonyl (C=S) groups is 1. The van der Waals surface area contributed by atoms with Crippen molar-refractivity contribution in [3.8, 4) is 5.69 Å². The molecule has 0 aliphatic carbocycles.